The van der Waals surface area contributed by atoms with Gasteiger partial charge in [-0.1, -0.05) is 11.6 Å². The minimum Gasteiger partial charge on any atom is -0.343 e. The zero-order valence-corrected chi connectivity index (χ0v) is 20.8. The first-order valence-corrected chi connectivity index (χ1v) is 12.5. The highest BCUT2D eigenvalue weighted by atomic mass is 35.5. The van der Waals surface area contributed by atoms with Gasteiger partial charge in [-0.15, -0.1) is 0 Å². The van der Waals surface area contributed by atoms with Crippen molar-refractivity contribution in [2.24, 2.45) is 5.92 Å². The van der Waals surface area contributed by atoms with Gasteiger partial charge in [-0.2, -0.15) is 4.98 Å². The number of amides is 2. The molecule has 4 heterocycles. The van der Waals surface area contributed by atoms with Crippen molar-refractivity contribution in [2.45, 2.75) is 39.0 Å². The summed E-state index contributed by atoms with van der Waals surface area (Å²) in [6, 6.07) is 7.82. The molecule has 3 N–H and O–H groups in total. The van der Waals surface area contributed by atoms with Crippen molar-refractivity contribution >= 4 is 52.2 Å². The van der Waals surface area contributed by atoms with Crippen LogP contribution in [0.25, 0.3) is 0 Å². The summed E-state index contributed by atoms with van der Waals surface area (Å²) in [5.41, 5.74) is 4.41. The monoisotopic (exact) mass is 505 g/mol. The molecule has 9 nitrogen and oxygen atoms in total. The van der Waals surface area contributed by atoms with Gasteiger partial charge in [-0.05, 0) is 67.0 Å². The van der Waals surface area contributed by atoms with E-state index in [0.29, 0.717) is 36.2 Å². The van der Waals surface area contributed by atoms with Crippen LogP contribution in [0.3, 0.4) is 0 Å². The van der Waals surface area contributed by atoms with Crippen LogP contribution in [-0.2, 0) is 22.4 Å². The van der Waals surface area contributed by atoms with E-state index in [1.165, 1.54) is 0 Å². The fourth-order valence-electron chi connectivity index (χ4n) is 4.73. The molecule has 2 aromatic heterocycles. The Labute approximate surface area is 214 Å². The maximum absolute atomic E-state index is 13.0. The molecule has 0 saturated carbocycles. The predicted molar refractivity (Wildman–Crippen MR) is 140 cm³/mol. The maximum Gasteiger partial charge on any atom is 0.229 e. The number of aromatic nitrogens is 3. The number of likely N-dealkylation sites (tertiary alicyclic amines) is 1. The zero-order valence-electron chi connectivity index (χ0n) is 20.1. The lowest BCUT2D eigenvalue weighted by molar-refractivity contribution is -0.131. The Morgan fingerprint density at radius 1 is 1.14 bits per heavy atom. The van der Waals surface area contributed by atoms with Crippen LogP contribution in [0, 0.1) is 5.92 Å². The summed E-state index contributed by atoms with van der Waals surface area (Å²) in [6.45, 7) is 3.00. The molecule has 0 aliphatic carbocycles. The largest absolute Gasteiger partial charge is 0.343 e. The van der Waals surface area contributed by atoms with Gasteiger partial charge in [-0.3, -0.25) is 14.6 Å². The molecule has 10 heteroatoms. The third kappa shape index (κ3) is 5.73. The average molecular weight is 506 g/mol. The van der Waals surface area contributed by atoms with Gasteiger partial charge in [0.25, 0.3) is 0 Å². The summed E-state index contributed by atoms with van der Waals surface area (Å²) < 4.78 is 0. The molecule has 2 aliphatic rings. The maximum atomic E-state index is 13.0. The topological polar surface area (TPSA) is 112 Å². The fraction of sp³-hybridized carbons (Fsp3) is 0.346. The van der Waals surface area contributed by atoms with Crippen LogP contribution in [0.1, 0.15) is 37.3 Å². The SMILES string of the molecule is CC(=O)N1CCC[C@@H](CC(=O)Nc2ccc3cc2CCc2cncc(c2)Nc2ncc(Cl)c(n2)N3)C1. The number of carbonyl (C=O) groups excluding carboxylic acids is 2. The lowest BCUT2D eigenvalue weighted by atomic mass is 9.94. The first-order valence-electron chi connectivity index (χ1n) is 12.1. The van der Waals surface area contributed by atoms with Gasteiger partial charge < -0.3 is 20.9 Å². The van der Waals surface area contributed by atoms with Crippen LogP contribution in [0.4, 0.5) is 28.8 Å². The van der Waals surface area contributed by atoms with E-state index in [1.807, 2.05) is 35.4 Å². The number of aryl methyl sites for hydroxylation is 2. The van der Waals surface area contributed by atoms with E-state index < -0.39 is 0 Å². The smallest absolute Gasteiger partial charge is 0.229 e. The molecule has 1 aromatic carbocycles. The Balaban J connectivity index is 1.39. The molecule has 0 radical (unpaired) electrons. The molecule has 36 heavy (non-hydrogen) atoms. The summed E-state index contributed by atoms with van der Waals surface area (Å²) in [5.74, 6) is 1.09. The number of nitrogens with zero attached hydrogens (tertiary/aromatic N) is 4. The number of nitrogens with one attached hydrogen (secondary N) is 3. The fourth-order valence-corrected chi connectivity index (χ4v) is 4.87. The van der Waals surface area contributed by atoms with Crippen molar-refractivity contribution < 1.29 is 9.59 Å². The number of pyridine rings is 1. The highest BCUT2D eigenvalue weighted by Gasteiger charge is 2.24. The normalized spacial score (nSPS) is 16.9. The first kappa shape index (κ1) is 24.0. The first-order chi connectivity index (χ1) is 17.4. The molecule has 0 spiro atoms. The quantitative estimate of drug-likeness (QED) is 0.473. The molecule has 6 bridgehead atoms. The number of anilines is 5. The van der Waals surface area contributed by atoms with E-state index in [0.717, 1.165) is 54.0 Å². The summed E-state index contributed by atoms with van der Waals surface area (Å²) in [4.78, 5) is 39.7. The standard InChI is InChI=1S/C26H28ClN7O2/c1-16(35)34-8-2-3-18(15-34)10-24(36)32-23-7-6-20-11-19(23)5-4-17-9-21(13-28-12-17)31-26-29-14-22(27)25(30-20)33-26/h6-7,9,11-14,18H,2-5,8,10,15H2,1H3,(H,32,36)(H2,29,30,31,33)/t18-/m0/s1. The number of rotatable bonds is 3. The molecule has 2 amide bonds. The van der Waals surface area contributed by atoms with E-state index in [4.69, 9.17) is 11.6 Å². The molecule has 2 aliphatic heterocycles. The van der Waals surface area contributed by atoms with Gasteiger partial charge in [0.15, 0.2) is 5.82 Å². The number of piperidine rings is 1. The number of hydrogen-bond donors (Lipinski definition) is 3. The van der Waals surface area contributed by atoms with Crippen LogP contribution < -0.4 is 16.0 Å². The highest BCUT2D eigenvalue weighted by molar-refractivity contribution is 6.32. The van der Waals surface area contributed by atoms with Crippen LogP contribution >= 0.6 is 11.6 Å². The molecule has 1 atom stereocenters. The second-order valence-electron chi connectivity index (χ2n) is 9.32. The van der Waals surface area contributed by atoms with Gasteiger partial charge in [0.1, 0.15) is 5.02 Å². The summed E-state index contributed by atoms with van der Waals surface area (Å²) in [5, 5.41) is 9.96. The van der Waals surface area contributed by atoms with Crippen molar-refractivity contribution in [1.82, 2.24) is 19.9 Å². The molecule has 0 unspecified atom stereocenters. The molecular weight excluding hydrogens is 478 g/mol. The van der Waals surface area contributed by atoms with E-state index >= 15 is 0 Å². The Morgan fingerprint density at radius 3 is 2.89 bits per heavy atom. The minimum absolute atomic E-state index is 0.0402. The van der Waals surface area contributed by atoms with Crippen LogP contribution in [0.15, 0.2) is 42.9 Å². The summed E-state index contributed by atoms with van der Waals surface area (Å²) >= 11 is 6.35. The third-order valence-electron chi connectivity index (χ3n) is 6.56. The van der Waals surface area contributed by atoms with Crippen LogP contribution in [-0.4, -0.2) is 44.8 Å². The van der Waals surface area contributed by atoms with Gasteiger partial charge in [0, 0.05) is 44.0 Å². The van der Waals surface area contributed by atoms with Crippen LogP contribution in [0.2, 0.25) is 5.02 Å². The molecule has 1 saturated heterocycles. The lowest BCUT2D eigenvalue weighted by Crippen LogP contribution is -2.39. The van der Waals surface area contributed by atoms with Crippen LogP contribution in [0.5, 0.6) is 0 Å². The summed E-state index contributed by atoms with van der Waals surface area (Å²) in [6.07, 6.45) is 8.81. The Hall–Kier alpha value is -3.72. The van der Waals surface area contributed by atoms with E-state index in [-0.39, 0.29) is 17.7 Å². The van der Waals surface area contributed by atoms with Gasteiger partial charge in [0.2, 0.25) is 17.8 Å². The van der Waals surface area contributed by atoms with Gasteiger partial charge >= 0.3 is 0 Å². The molecule has 5 rings (SSSR count). The number of halogens is 1. The minimum atomic E-state index is -0.0402. The highest BCUT2D eigenvalue weighted by Crippen LogP contribution is 2.30. The number of hydrogen-bond acceptors (Lipinski definition) is 7. The Bertz CT molecular complexity index is 1300. The number of fused-ring (bicyclic) bond motifs is 6. The van der Waals surface area contributed by atoms with Crippen molar-refractivity contribution in [1.29, 1.82) is 0 Å². The van der Waals surface area contributed by atoms with E-state index in [2.05, 4.69) is 30.9 Å². The zero-order chi connectivity index (χ0) is 25.1. The van der Waals surface area contributed by atoms with Crippen molar-refractivity contribution in [3.63, 3.8) is 0 Å². The predicted octanol–water partition coefficient (Wildman–Crippen LogP) is 4.70. The molecule has 1 fully saturated rings. The van der Waals surface area contributed by atoms with E-state index in [9.17, 15) is 9.59 Å². The number of benzene rings is 1. The second-order valence-corrected chi connectivity index (χ2v) is 9.73. The molecule has 186 valence electrons. The van der Waals surface area contributed by atoms with Crippen molar-refractivity contribution in [3.8, 4) is 0 Å². The van der Waals surface area contributed by atoms with Gasteiger partial charge in [-0.25, -0.2) is 4.98 Å². The average Bonchev–Trinajstić information content (AvgIpc) is 2.86. The Morgan fingerprint density at radius 2 is 2.03 bits per heavy atom. The van der Waals surface area contributed by atoms with Gasteiger partial charge in [0.05, 0.1) is 18.1 Å². The third-order valence-corrected chi connectivity index (χ3v) is 6.84. The van der Waals surface area contributed by atoms with Crippen molar-refractivity contribution in [2.75, 3.05) is 29.0 Å². The Kier molecular flexibility index (Phi) is 6.99. The van der Waals surface area contributed by atoms with E-state index in [1.54, 1.807) is 19.3 Å². The summed E-state index contributed by atoms with van der Waals surface area (Å²) in [7, 11) is 0. The molecule has 3 aromatic rings. The lowest BCUT2D eigenvalue weighted by Gasteiger charge is -2.31. The number of carbonyl (C=O) groups is 2. The molecular formula is C26H28ClN7O2. The van der Waals surface area contributed by atoms with Crippen molar-refractivity contribution in [3.05, 3.63) is 59.0 Å². The second kappa shape index (κ2) is 10.5.